The van der Waals surface area contributed by atoms with Crippen molar-refractivity contribution in [1.82, 2.24) is 4.90 Å². The van der Waals surface area contributed by atoms with Gasteiger partial charge in [0.25, 0.3) is 0 Å². The number of para-hydroxylation sites is 1. The number of carbonyl (C=O) groups is 1. The predicted octanol–water partition coefficient (Wildman–Crippen LogP) is 4.18. The van der Waals surface area contributed by atoms with Crippen LogP contribution in [0.25, 0.3) is 0 Å². The maximum atomic E-state index is 13.2. The maximum absolute atomic E-state index is 13.2. The largest absolute Gasteiger partial charge is 0.331 e. The summed E-state index contributed by atoms with van der Waals surface area (Å²) in [6, 6.07) is 6.02. The molecule has 1 aliphatic rings. The van der Waals surface area contributed by atoms with Crippen molar-refractivity contribution in [2.24, 2.45) is 4.99 Å². The molecule has 1 aromatic rings. The van der Waals surface area contributed by atoms with Crippen LogP contribution in [-0.2, 0) is 0 Å². The Morgan fingerprint density at radius 1 is 1.29 bits per heavy atom. The molecule has 1 saturated heterocycles. The van der Waals surface area contributed by atoms with E-state index in [-0.39, 0.29) is 11.0 Å². The Kier molecular flexibility index (Phi) is 2.76. The zero-order chi connectivity index (χ0) is 20.6. The van der Waals surface area contributed by atoms with Gasteiger partial charge in [0.2, 0.25) is 0 Å². The number of rotatable bonds is 2. The van der Waals surface area contributed by atoms with Gasteiger partial charge >= 0.3 is 6.03 Å². The summed E-state index contributed by atoms with van der Waals surface area (Å²) in [4.78, 5) is 19.8. The second-order valence-electron chi connectivity index (χ2n) is 5.66. The van der Waals surface area contributed by atoms with Crippen LogP contribution in [0, 0.1) is 0 Å². The second-order valence-corrected chi connectivity index (χ2v) is 6.57. The number of carbonyl (C=O) groups excluding carboxylic acids is 1. The van der Waals surface area contributed by atoms with Crippen molar-refractivity contribution in [2.45, 2.75) is 46.1 Å². The number of anilines is 1. The van der Waals surface area contributed by atoms with E-state index in [0.717, 1.165) is 16.7 Å². The molecule has 0 bridgehead atoms. The number of hydrogen-bond donors (Lipinski definition) is 0. The van der Waals surface area contributed by atoms with Gasteiger partial charge < -0.3 is 0 Å². The number of nitrogens with zero attached hydrogens (tertiary/aromatic N) is 3. The number of amidine groups is 1. The Balaban J connectivity index is 2.58. The summed E-state index contributed by atoms with van der Waals surface area (Å²) in [6.45, 7) is -0.412. The van der Waals surface area contributed by atoms with E-state index in [2.05, 4.69) is 4.99 Å². The van der Waals surface area contributed by atoms with E-state index < -0.39 is 31.3 Å². The third-order valence-electron chi connectivity index (χ3n) is 2.72. The third kappa shape index (κ3) is 3.79. The van der Waals surface area contributed by atoms with Crippen LogP contribution in [0.2, 0.25) is 0 Å². The molecule has 0 unspecified atom stereocenters. The van der Waals surface area contributed by atoms with E-state index in [1.54, 1.807) is 51.1 Å². The SMILES string of the molecule is [2H]C([2H])([2H])C(N1C(=O)N(c2ccccc2)CSC1=NC(C)(C)C)C([2H])([2H])[2H]. The molecular formula is C16H23N3OS. The molecule has 1 heterocycles. The van der Waals surface area contributed by atoms with Gasteiger partial charge in [0.15, 0.2) is 5.17 Å². The van der Waals surface area contributed by atoms with Crippen LogP contribution in [0.3, 0.4) is 0 Å². The number of amides is 2. The molecule has 0 saturated carbocycles. The van der Waals surface area contributed by atoms with Gasteiger partial charge in [0.05, 0.1) is 11.4 Å². The molecule has 1 fully saturated rings. The fraction of sp³-hybridized carbons (Fsp3) is 0.500. The molecule has 0 aliphatic carbocycles. The molecule has 1 aliphatic heterocycles. The number of benzene rings is 1. The summed E-state index contributed by atoms with van der Waals surface area (Å²) in [7, 11) is 0. The molecule has 1 aromatic carbocycles. The van der Waals surface area contributed by atoms with E-state index in [1.807, 2.05) is 0 Å². The van der Waals surface area contributed by atoms with Gasteiger partial charge in [-0.1, -0.05) is 30.0 Å². The Labute approximate surface area is 139 Å². The summed E-state index contributed by atoms with van der Waals surface area (Å²) in [5.41, 5.74) is -0.0475. The van der Waals surface area contributed by atoms with Crippen molar-refractivity contribution in [2.75, 3.05) is 10.8 Å². The molecular weight excluding hydrogens is 282 g/mol. The highest BCUT2D eigenvalue weighted by atomic mass is 32.2. The number of thioether (sulfide) groups is 1. The van der Waals surface area contributed by atoms with Gasteiger partial charge in [-0.25, -0.2) is 4.79 Å². The van der Waals surface area contributed by atoms with Gasteiger partial charge in [-0.3, -0.25) is 14.8 Å². The van der Waals surface area contributed by atoms with Crippen molar-refractivity contribution in [1.29, 1.82) is 0 Å². The number of hydrogen-bond acceptors (Lipinski definition) is 3. The zero-order valence-corrected chi connectivity index (χ0v) is 13.1. The minimum atomic E-state index is -2.90. The van der Waals surface area contributed by atoms with E-state index in [0.29, 0.717) is 5.69 Å². The standard InChI is InChI=1S/C16H23N3OS/c1-12(2)19-14(17-16(3,4)5)21-11-18(15(19)20)13-9-7-6-8-10-13/h6-10,12H,11H2,1-5H3/i1D3,2D3. The minimum absolute atomic E-state index is 0.108. The molecule has 4 nitrogen and oxygen atoms in total. The van der Waals surface area contributed by atoms with Gasteiger partial charge in [0, 0.05) is 20.0 Å². The van der Waals surface area contributed by atoms with Crippen LogP contribution < -0.4 is 4.90 Å². The van der Waals surface area contributed by atoms with Gasteiger partial charge in [-0.05, 0) is 46.6 Å². The Bertz CT molecular complexity index is 698. The van der Waals surface area contributed by atoms with Crippen LogP contribution in [0.1, 0.15) is 42.7 Å². The number of aliphatic imine (C=N–C) groups is 1. The van der Waals surface area contributed by atoms with Crippen molar-refractivity contribution in [3.63, 3.8) is 0 Å². The lowest BCUT2D eigenvalue weighted by Crippen LogP contribution is -2.53. The monoisotopic (exact) mass is 311 g/mol. The highest BCUT2D eigenvalue weighted by molar-refractivity contribution is 8.14. The predicted molar refractivity (Wildman–Crippen MR) is 90.9 cm³/mol. The molecule has 2 amide bonds. The quantitative estimate of drug-likeness (QED) is 0.821. The van der Waals surface area contributed by atoms with Gasteiger partial charge in [-0.2, -0.15) is 0 Å². The van der Waals surface area contributed by atoms with Crippen molar-refractivity contribution in [3.8, 4) is 0 Å². The lowest BCUT2D eigenvalue weighted by atomic mass is 10.1. The molecule has 0 spiro atoms. The van der Waals surface area contributed by atoms with E-state index in [1.165, 1.54) is 4.90 Å². The second kappa shape index (κ2) is 6.10. The first-order valence-corrected chi connectivity index (χ1v) is 7.59. The molecule has 2 rings (SSSR count). The average molecular weight is 311 g/mol. The average Bonchev–Trinajstić information content (AvgIpc) is 2.48. The smallest absolute Gasteiger partial charge is 0.284 e. The minimum Gasteiger partial charge on any atom is -0.284 e. The highest BCUT2D eigenvalue weighted by Crippen LogP contribution is 2.29. The molecule has 0 aromatic heterocycles. The van der Waals surface area contributed by atoms with Crippen LogP contribution in [0.4, 0.5) is 10.5 Å². The van der Waals surface area contributed by atoms with E-state index >= 15 is 0 Å². The van der Waals surface area contributed by atoms with Crippen LogP contribution in [0.5, 0.6) is 0 Å². The lowest BCUT2D eigenvalue weighted by molar-refractivity contribution is 0.220. The number of urea groups is 1. The summed E-state index contributed by atoms with van der Waals surface area (Å²) >= 11 is 1.15. The molecule has 114 valence electrons. The lowest BCUT2D eigenvalue weighted by Gasteiger charge is -2.38. The topological polar surface area (TPSA) is 35.9 Å². The van der Waals surface area contributed by atoms with Crippen molar-refractivity contribution < 1.29 is 13.0 Å². The zero-order valence-electron chi connectivity index (χ0n) is 18.3. The third-order valence-corrected chi connectivity index (χ3v) is 3.66. The fourth-order valence-corrected chi connectivity index (χ4v) is 3.01. The van der Waals surface area contributed by atoms with Gasteiger partial charge in [0.1, 0.15) is 0 Å². The fourth-order valence-electron chi connectivity index (χ4n) is 1.85. The highest BCUT2D eigenvalue weighted by Gasteiger charge is 2.34. The maximum Gasteiger partial charge on any atom is 0.331 e. The summed E-state index contributed by atoms with van der Waals surface area (Å²) in [6.07, 6.45) is 0. The Morgan fingerprint density at radius 3 is 2.52 bits per heavy atom. The normalized spacial score (nSPS) is 24.2. The summed E-state index contributed by atoms with van der Waals surface area (Å²) < 4.78 is 46.6. The Morgan fingerprint density at radius 2 is 1.95 bits per heavy atom. The van der Waals surface area contributed by atoms with Crippen LogP contribution in [-0.4, -0.2) is 33.6 Å². The molecule has 0 atom stereocenters. The van der Waals surface area contributed by atoms with Crippen LogP contribution in [0.15, 0.2) is 35.3 Å². The van der Waals surface area contributed by atoms with E-state index in [9.17, 15) is 4.79 Å². The van der Waals surface area contributed by atoms with E-state index in [4.69, 9.17) is 8.22 Å². The first kappa shape index (κ1) is 9.51. The van der Waals surface area contributed by atoms with Crippen molar-refractivity contribution >= 4 is 28.6 Å². The molecule has 21 heavy (non-hydrogen) atoms. The molecule has 0 radical (unpaired) electrons. The molecule has 5 heteroatoms. The first-order chi connectivity index (χ1) is 12.2. The molecule has 0 N–H and O–H groups in total. The van der Waals surface area contributed by atoms with Gasteiger partial charge in [-0.15, -0.1) is 0 Å². The summed E-state index contributed by atoms with van der Waals surface area (Å²) in [5, 5.41) is 0.108. The Hall–Kier alpha value is -1.49. The first-order valence-electron chi connectivity index (χ1n) is 9.60. The van der Waals surface area contributed by atoms with Crippen molar-refractivity contribution in [3.05, 3.63) is 30.3 Å². The summed E-state index contributed by atoms with van der Waals surface area (Å²) in [5.74, 6) is 0.211. The van der Waals surface area contributed by atoms with Crippen LogP contribution >= 0.6 is 11.8 Å².